The Morgan fingerprint density at radius 1 is 1.43 bits per heavy atom. The number of hydrogen-bond acceptors (Lipinski definition) is 2. The van der Waals surface area contributed by atoms with Crippen molar-refractivity contribution in [1.82, 2.24) is 9.88 Å². The number of nitrogens with zero attached hydrogens (tertiary/aromatic N) is 2. The molecule has 2 rings (SSSR count). The molecule has 0 amide bonds. The van der Waals surface area contributed by atoms with E-state index >= 15 is 0 Å². The van der Waals surface area contributed by atoms with E-state index in [1.165, 1.54) is 12.1 Å². The van der Waals surface area contributed by atoms with E-state index in [4.69, 9.17) is 0 Å². The molecule has 0 aliphatic carbocycles. The number of hydrogen-bond donors (Lipinski definition) is 0. The lowest BCUT2D eigenvalue weighted by molar-refractivity contribution is 0.318. The Kier molecular flexibility index (Phi) is 2.94. The van der Waals surface area contributed by atoms with Crippen molar-refractivity contribution >= 4 is 5.57 Å². The minimum Gasteiger partial charge on any atom is -0.300 e. The fourth-order valence-electron chi connectivity index (χ4n) is 1.78. The van der Waals surface area contributed by atoms with Gasteiger partial charge in [-0.25, -0.2) is 0 Å². The van der Waals surface area contributed by atoms with Crippen molar-refractivity contribution in [2.45, 2.75) is 13.3 Å². The molecule has 14 heavy (non-hydrogen) atoms. The van der Waals surface area contributed by atoms with Crippen LogP contribution in [0.2, 0.25) is 0 Å². The molecular weight excluding hydrogens is 172 g/mol. The van der Waals surface area contributed by atoms with E-state index in [-0.39, 0.29) is 0 Å². The van der Waals surface area contributed by atoms with Crippen molar-refractivity contribution in [2.75, 3.05) is 19.6 Å². The number of pyridine rings is 1. The molecule has 0 spiro atoms. The molecule has 0 saturated carbocycles. The normalized spacial score (nSPS) is 17.9. The Morgan fingerprint density at radius 3 is 2.93 bits per heavy atom. The average Bonchev–Trinajstić information content (AvgIpc) is 2.30. The van der Waals surface area contributed by atoms with E-state index < -0.39 is 0 Å². The lowest BCUT2D eigenvalue weighted by atomic mass is 10.0. The smallest absolute Gasteiger partial charge is 0.0659 e. The summed E-state index contributed by atoms with van der Waals surface area (Å²) in [5, 5.41) is 0. The summed E-state index contributed by atoms with van der Waals surface area (Å²) in [5.74, 6) is 0. The summed E-state index contributed by atoms with van der Waals surface area (Å²) in [7, 11) is 0. The van der Waals surface area contributed by atoms with Crippen molar-refractivity contribution in [3.63, 3.8) is 0 Å². The third-order valence-corrected chi connectivity index (χ3v) is 2.73. The van der Waals surface area contributed by atoms with Gasteiger partial charge in [0.25, 0.3) is 0 Å². The van der Waals surface area contributed by atoms with E-state index in [2.05, 4.69) is 35.0 Å². The van der Waals surface area contributed by atoms with E-state index in [0.717, 1.165) is 25.2 Å². The monoisotopic (exact) mass is 188 g/mol. The third-order valence-electron chi connectivity index (χ3n) is 2.73. The SMILES string of the molecule is CCN1CC=C(c2ccccn2)CC1. The van der Waals surface area contributed by atoms with Crippen LogP contribution in [0.5, 0.6) is 0 Å². The maximum atomic E-state index is 4.37. The summed E-state index contributed by atoms with van der Waals surface area (Å²) in [5.41, 5.74) is 2.54. The molecule has 0 atom stereocenters. The molecule has 2 heterocycles. The molecule has 1 aliphatic rings. The van der Waals surface area contributed by atoms with Gasteiger partial charge >= 0.3 is 0 Å². The Hall–Kier alpha value is -1.15. The first-order chi connectivity index (χ1) is 6.90. The van der Waals surface area contributed by atoms with Gasteiger partial charge in [-0.1, -0.05) is 19.1 Å². The van der Waals surface area contributed by atoms with Crippen LogP contribution in [0.15, 0.2) is 30.5 Å². The summed E-state index contributed by atoms with van der Waals surface area (Å²) in [4.78, 5) is 6.80. The van der Waals surface area contributed by atoms with Crippen molar-refractivity contribution < 1.29 is 0 Å². The van der Waals surface area contributed by atoms with Crippen molar-refractivity contribution in [3.05, 3.63) is 36.2 Å². The van der Waals surface area contributed by atoms with E-state index in [1.54, 1.807) is 0 Å². The van der Waals surface area contributed by atoms with E-state index in [9.17, 15) is 0 Å². The van der Waals surface area contributed by atoms with Crippen LogP contribution in [0.4, 0.5) is 0 Å². The number of aromatic nitrogens is 1. The first-order valence-electron chi connectivity index (χ1n) is 5.23. The van der Waals surface area contributed by atoms with Crippen LogP contribution in [0, 0.1) is 0 Å². The van der Waals surface area contributed by atoms with Gasteiger partial charge < -0.3 is 0 Å². The second-order valence-electron chi connectivity index (χ2n) is 3.59. The van der Waals surface area contributed by atoms with Crippen LogP contribution in [0.25, 0.3) is 5.57 Å². The van der Waals surface area contributed by atoms with E-state index in [1.807, 2.05) is 12.3 Å². The van der Waals surface area contributed by atoms with Crippen molar-refractivity contribution in [2.24, 2.45) is 0 Å². The molecular formula is C12H16N2. The summed E-state index contributed by atoms with van der Waals surface area (Å²) >= 11 is 0. The second-order valence-corrected chi connectivity index (χ2v) is 3.59. The zero-order valence-corrected chi connectivity index (χ0v) is 8.61. The first-order valence-corrected chi connectivity index (χ1v) is 5.23. The summed E-state index contributed by atoms with van der Waals surface area (Å²) in [6.07, 6.45) is 5.29. The maximum absolute atomic E-state index is 4.37. The fraction of sp³-hybridized carbons (Fsp3) is 0.417. The Labute approximate surface area is 85.3 Å². The van der Waals surface area contributed by atoms with Gasteiger partial charge in [-0.15, -0.1) is 0 Å². The predicted molar refractivity (Wildman–Crippen MR) is 58.9 cm³/mol. The molecule has 0 saturated heterocycles. The number of rotatable bonds is 2. The highest BCUT2D eigenvalue weighted by Crippen LogP contribution is 2.19. The zero-order valence-electron chi connectivity index (χ0n) is 8.61. The summed E-state index contributed by atoms with van der Waals surface area (Å²) < 4.78 is 0. The number of likely N-dealkylation sites (N-methyl/N-ethyl adjacent to an activating group) is 1. The van der Waals surface area contributed by atoms with Gasteiger partial charge in [0.1, 0.15) is 0 Å². The molecule has 0 bridgehead atoms. The van der Waals surface area contributed by atoms with Gasteiger partial charge in [0.15, 0.2) is 0 Å². The standard InChI is InChI=1S/C12H16N2/c1-2-14-9-6-11(7-10-14)12-5-3-4-8-13-12/h3-6,8H,2,7,9-10H2,1H3. The topological polar surface area (TPSA) is 16.1 Å². The average molecular weight is 188 g/mol. The van der Waals surface area contributed by atoms with Gasteiger partial charge in [-0.2, -0.15) is 0 Å². The third kappa shape index (κ3) is 2.02. The second kappa shape index (κ2) is 4.38. The van der Waals surface area contributed by atoms with Gasteiger partial charge in [-0.3, -0.25) is 9.88 Å². The van der Waals surface area contributed by atoms with Gasteiger partial charge in [0.05, 0.1) is 5.69 Å². The predicted octanol–water partition coefficient (Wildman–Crippen LogP) is 2.19. The van der Waals surface area contributed by atoms with Crippen LogP contribution in [0.3, 0.4) is 0 Å². The maximum Gasteiger partial charge on any atom is 0.0659 e. The summed E-state index contributed by atoms with van der Waals surface area (Å²) in [6, 6.07) is 6.11. The van der Waals surface area contributed by atoms with E-state index in [0.29, 0.717) is 0 Å². The summed E-state index contributed by atoms with van der Waals surface area (Å²) in [6.45, 7) is 5.59. The quantitative estimate of drug-likeness (QED) is 0.707. The van der Waals surface area contributed by atoms with Crippen molar-refractivity contribution in [1.29, 1.82) is 0 Å². The van der Waals surface area contributed by atoms with Crippen LogP contribution < -0.4 is 0 Å². The lowest BCUT2D eigenvalue weighted by Crippen LogP contribution is -2.28. The molecule has 0 fully saturated rings. The van der Waals surface area contributed by atoms with Crippen LogP contribution in [-0.2, 0) is 0 Å². The molecule has 1 aliphatic heterocycles. The van der Waals surface area contributed by atoms with Gasteiger partial charge in [0.2, 0.25) is 0 Å². The van der Waals surface area contributed by atoms with Crippen LogP contribution in [0.1, 0.15) is 19.0 Å². The largest absolute Gasteiger partial charge is 0.300 e. The molecule has 74 valence electrons. The molecule has 0 N–H and O–H groups in total. The minimum atomic E-state index is 1.07. The fourth-order valence-corrected chi connectivity index (χ4v) is 1.78. The lowest BCUT2D eigenvalue weighted by Gasteiger charge is -2.24. The highest BCUT2D eigenvalue weighted by Gasteiger charge is 2.11. The first kappa shape index (κ1) is 9.41. The Balaban J connectivity index is 2.11. The van der Waals surface area contributed by atoms with Crippen LogP contribution >= 0.6 is 0 Å². The highest BCUT2D eigenvalue weighted by atomic mass is 15.1. The molecule has 1 aromatic heterocycles. The van der Waals surface area contributed by atoms with Gasteiger partial charge in [-0.05, 0) is 30.7 Å². The molecule has 0 radical (unpaired) electrons. The molecule has 2 nitrogen and oxygen atoms in total. The Bertz CT molecular complexity index is 316. The van der Waals surface area contributed by atoms with Crippen molar-refractivity contribution in [3.8, 4) is 0 Å². The minimum absolute atomic E-state index is 1.07. The molecule has 2 heteroatoms. The zero-order chi connectivity index (χ0) is 9.80. The van der Waals surface area contributed by atoms with Gasteiger partial charge in [0, 0.05) is 19.3 Å². The highest BCUT2D eigenvalue weighted by molar-refractivity contribution is 5.63. The molecule has 1 aromatic rings. The molecule has 0 unspecified atom stereocenters. The molecule has 0 aromatic carbocycles. The van der Waals surface area contributed by atoms with Crippen LogP contribution in [-0.4, -0.2) is 29.5 Å². The Morgan fingerprint density at radius 2 is 2.36 bits per heavy atom.